The third-order valence-electron chi connectivity index (χ3n) is 3.16. The zero-order chi connectivity index (χ0) is 15.3. The molecule has 3 N–H and O–H groups in total. The molecule has 0 spiro atoms. The number of amides is 1. The molecule has 1 aromatic carbocycles. The Kier molecular flexibility index (Phi) is 6.29. The number of hydrogen-bond acceptors (Lipinski definition) is 4. The van der Waals surface area contributed by atoms with Gasteiger partial charge < -0.3 is 15.2 Å². The fourth-order valence-corrected chi connectivity index (χ4v) is 2.37. The number of carbonyl (C=O) groups excluding carboxylic acids is 1. The number of halogens is 1. The lowest BCUT2D eigenvalue weighted by atomic mass is 10.0. The third-order valence-corrected chi connectivity index (χ3v) is 3.85. The maximum Gasteiger partial charge on any atom is 0.239 e. The van der Waals surface area contributed by atoms with Gasteiger partial charge in [-0.15, -0.1) is 0 Å². The molecule has 0 saturated carbocycles. The van der Waals surface area contributed by atoms with E-state index in [0.717, 1.165) is 16.5 Å². The highest BCUT2D eigenvalue weighted by Gasteiger charge is 2.23. The molecule has 1 amide bonds. The summed E-state index contributed by atoms with van der Waals surface area (Å²) in [7, 11) is 3.11. The van der Waals surface area contributed by atoms with Crippen molar-refractivity contribution in [2.24, 2.45) is 5.73 Å². The van der Waals surface area contributed by atoms with Crippen molar-refractivity contribution in [2.45, 2.75) is 32.4 Å². The molecule has 0 fully saturated rings. The molecular weight excluding hydrogens is 324 g/mol. The normalized spacial score (nSPS) is 13.7. The molecule has 0 radical (unpaired) electrons. The lowest BCUT2D eigenvalue weighted by Crippen LogP contribution is -2.38. The molecule has 20 heavy (non-hydrogen) atoms. The summed E-state index contributed by atoms with van der Waals surface area (Å²) in [4.78, 5) is 11.7. The van der Waals surface area contributed by atoms with E-state index >= 15 is 0 Å². The second kappa shape index (κ2) is 7.50. The van der Waals surface area contributed by atoms with Crippen molar-refractivity contribution >= 4 is 21.8 Å². The van der Waals surface area contributed by atoms with Crippen LogP contribution in [0.15, 0.2) is 16.6 Å². The molecule has 0 bridgehead atoms. The van der Waals surface area contributed by atoms with Crippen molar-refractivity contribution < 1.29 is 14.3 Å². The van der Waals surface area contributed by atoms with Gasteiger partial charge in [-0.25, -0.2) is 0 Å². The number of nitrogens with two attached hydrogens (primary N) is 1. The Bertz CT molecular complexity index is 480. The zero-order valence-electron chi connectivity index (χ0n) is 12.2. The van der Waals surface area contributed by atoms with Crippen LogP contribution in [0.3, 0.4) is 0 Å². The Labute approximate surface area is 127 Å². The van der Waals surface area contributed by atoms with Crippen molar-refractivity contribution in [3.63, 3.8) is 0 Å². The number of benzene rings is 1. The Balaban J connectivity index is 3.22. The highest BCUT2D eigenvalue weighted by molar-refractivity contribution is 9.10. The first-order valence-corrected chi connectivity index (χ1v) is 7.20. The molecule has 1 rings (SSSR count). The fraction of sp³-hybridized carbons (Fsp3) is 0.500. The molecule has 112 valence electrons. The molecule has 0 saturated heterocycles. The summed E-state index contributed by atoms with van der Waals surface area (Å²) < 4.78 is 11.2. The van der Waals surface area contributed by atoms with Gasteiger partial charge >= 0.3 is 0 Å². The lowest BCUT2D eigenvalue weighted by Gasteiger charge is -2.22. The van der Waals surface area contributed by atoms with Gasteiger partial charge in [0.25, 0.3) is 0 Å². The minimum absolute atomic E-state index is 0.174. The minimum Gasteiger partial charge on any atom is -0.493 e. The summed E-state index contributed by atoms with van der Waals surface area (Å²) in [6, 6.07) is 3.11. The monoisotopic (exact) mass is 344 g/mol. The third kappa shape index (κ3) is 3.86. The van der Waals surface area contributed by atoms with Gasteiger partial charge in [0.15, 0.2) is 11.5 Å². The van der Waals surface area contributed by atoms with Crippen LogP contribution < -0.4 is 20.5 Å². The maximum absolute atomic E-state index is 11.7. The Hall–Kier alpha value is -1.27. The molecule has 2 unspecified atom stereocenters. The summed E-state index contributed by atoms with van der Waals surface area (Å²) in [6.45, 7) is 4.05. The number of primary amides is 1. The molecule has 2 atom stereocenters. The molecule has 5 nitrogen and oxygen atoms in total. The van der Waals surface area contributed by atoms with E-state index in [1.54, 1.807) is 26.4 Å². The standard InChI is InChI=1S/C14H21BrN2O3/c1-5-8(2)17-13(14(16)18)9-6-11(19-3)12(20-4)7-10(9)15/h6-8,13,17H,5H2,1-4H3,(H2,16,18). The number of hydrogen-bond donors (Lipinski definition) is 2. The Morgan fingerprint density at radius 3 is 2.35 bits per heavy atom. The van der Waals surface area contributed by atoms with Crippen molar-refractivity contribution in [1.29, 1.82) is 0 Å². The van der Waals surface area contributed by atoms with Crippen LogP contribution in [0.1, 0.15) is 31.9 Å². The number of nitrogens with one attached hydrogen (secondary N) is 1. The van der Waals surface area contributed by atoms with E-state index in [1.165, 1.54) is 0 Å². The molecule has 0 aliphatic carbocycles. The molecule has 0 heterocycles. The molecule has 6 heteroatoms. The van der Waals surface area contributed by atoms with Crippen LogP contribution in [0.5, 0.6) is 11.5 Å². The average molecular weight is 345 g/mol. The van der Waals surface area contributed by atoms with Crippen molar-refractivity contribution in [1.82, 2.24) is 5.32 Å². The van der Waals surface area contributed by atoms with Crippen molar-refractivity contribution in [3.8, 4) is 11.5 Å². The van der Waals surface area contributed by atoms with E-state index < -0.39 is 11.9 Å². The van der Waals surface area contributed by atoms with Crippen LogP contribution in [0.4, 0.5) is 0 Å². The van der Waals surface area contributed by atoms with Gasteiger partial charge in [0.1, 0.15) is 6.04 Å². The summed E-state index contributed by atoms with van der Waals surface area (Å²) in [5, 5.41) is 3.21. The minimum atomic E-state index is -0.584. The topological polar surface area (TPSA) is 73.6 Å². The van der Waals surface area contributed by atoms with Crippen LogP contribution in [0.25, 0.3) is 0 Å². The predicted molar refractivity (Wildman–Crippen MR) is 82.1 cm³/mol. The van der Waals surface area contributed by atoms with Gasteiger partial charge in [-0.3, -0.25) is 10.1 Å². The van der Waals surface area contributed by atoms with E-state index in [-0.39, 0.29) is 6.04 Å². The predicted octanol–water partition coefficient (Wildman–Crippen LogP) is 2.38. The summed E-state index contributed by atoms with van der Waals surface area (Å²) in [5.74, 6) is 0.719. The van der Waals surface area contributed by atoms with Gasteiger partial charge in [-0.1, -0.05) is 22.9 Å². The van der Waals surface area contributed by atoms with Gasteiger partial charge in [-0.05, 0) is 31.0 Å². The van der Waals surface area contributed by atoms with E-state index in [0.29, 0.717) is 11.5 Å². The quantitative estimate of drug-likeness (QED) is 0.796. The van der Waals surface area contributed by atoms with E-state index in [1.807, 2.05) is 13.8 Å². The van der Waals surface area contributed by atoms with Crippen LogP contribution in [-0.4, -0.2) is 26.2 Å². The Morgan fingerprint density at radius 1 is 1.35 bits per heavy atom. The SMILES string of the molecule is CCC(C)NC(C(N)=O)c1cc(OC)c(OC)cc1Br. The first-order chi connectivity index (χ1) is 9.44. The summed E-state index contributed by atoms with van der Waals surface area (Å²) >= 11 is 3.45. The van der Waals surface area contributed by atoms with Gasteiger partial charge in [-0.2, -0.15) is 0 Å². The zero-order valence-corrected chi connectivity index (χ0v) is 13.8. The van der Waals surface area contributed by atoms with Gasteiger partial charge in [0, 0.05) is 10.5 Å². The van der Waals surface area contributed by atoms with E-state index in [9.17, 15) is 4.79 Å². The van der Waals surface area contributed by atoms with Crippen molar-refractivity contribution in [3.05, 3.63) is 22.2 Å². The average Bonchev–Trinajstić information content (AvgIpc) is 2.44. The van der Waals surface area contributed by atoms with Crippen LogP contribution in [0, 0.1) is 0 Å². The molecule has 0 aliphatic rings. The summed E-state index contributed by atoms with van der Waals surface area (Å²) in [5.41, 5.74) is 6.24. The molecular formula is C14H21BrN2O3. The fourth-order valence-electron chi connectivity index (χ4n) is 1.82. The highest BCUT2D eigenvalue weighted by atomic mass is 79.9. The smallest absolute Gasteiger partial charge is 0.239 e. The van der Waals surface area contributed by atoms with E-state index in [2.05, 4.69) is 21.2 Å². The van der Waals surface area contributed by atoms with Crippen LogP contribution >= 0.6 is 15.9 Å². The molecule has 1 aromatic rings. The largest absolute Gasteiger partial charge is 0.493 e. The number of methoxy groups -OCH3 is 2. The lowest BCUT2D eigenvalue weighted by molar-refractivity contribution is -0.120. The number of carbonyl (C=O) groups is 1. The van der Waals surface area contributed by atoms with Crippen LogP contribution in [0.2, 0.25) is 0 Å². The second-order valence-electron chi connectivity index (χ2n) is 4.54. The van der Waals surface area contributed by atoms with Crippen molar-refractivity contribution in [2.75, 3.05) is 14.2 Å². The maximum atomic E-state index is 11.7. The second-order valence-corrected chi connectivity index (χ2v) is 5.39. The number of ether oxygens (including phenoxy) is 2. The molecule has 0 aromatic heterocycles. The van der Waals surface area contributed by atoms with E-state index in [4.69, 9.17) is 15.2 Å². The molecule has 0 aliphatic heterocycles. The van der Waals surface area contributed by atoms with Gasteiger partial charge in [0.05, 0.1) is 14.2 Å². The number of rotatable bonds is 7. The Morgan fingerprint density at radius 2 is 1.90 bits per heavy atom. The van der Waals surface area contributed by atoms with Crippen LogP contribution in [-0.2, 0) is 4.79 Å². The first kappa shape index (κ1) is 16.8. The van der Waals surface area contributed by atoms with Gasteiger partial charge in [0.2, 0.25) is 5.91 Å². The highest BCUT2D eigenvalue weighted by Crippen LogP contribution is 2.36. The first-order valence-electron chi connectivity index (χ1n) is 6.41. The summed E-state index contributed by atoms with van der Waals surface area (Å²) in [6.07, 6.45) is 0.898.